The number of nitrogens with one attached hydrogen (secondary N) is 1. The molecule has 8 heteroatoms. The summed E-state index contributed by atoms with van der Waals surface area (Å²) in [5.41, 5.74) is 3.08. The molecule has 1 aromatic carbocycles. The Morgan fingerprint density at radius 3 is 2.36 bits per heavy atom. The van der Waals surface area contributed by atoms with Crippen LogP contribution in [0.15, 0.2) is 18.2 Å². The second-order valence-electron chi connectivity index (χ2n) is 5.57. The number of nitrogens with two attached hydrogens (primary N) is 1. The standard InChI is InChI=1S/C14H22N4O3S/c1-11-3-4-13(9-12(11)2)16-14(19)10-17-5-7-18(8-6-17)22(15,20)21/h3-4,9H,5-8,10H2,1-2H3,(H,16,19)(H2,15,20,21). The number of amides is 1. The number of hydrogen-bond donors (Lipinski definition) is 2. The normalized spacial score (nSPS) is 17.4. The molecule has 7 nitrogen and oxygen atoms in total. The molecule has 1 amide bonds. The van der Waals surface area contributed by atoms with Crippen molar-refractivity contribution in [2.45, 2.75) is 13.8 Å². The van der Waals surface area contributed by atoms with Crippen molar-refractivity contribution in [1.29, 1.82) is 0 Å². The second kappa shape index (κ2) is 6.74. The van der Waals surface area contributed by atoms with Gasteiger partial charge in [0, 0.05) is 31.9 Å². The minimum atomic E-state index is -3.63. The van der Waals surface area contributed by atoms with Crippen molar-refractivity contribution in [2.75, 3.05) is 38.0 Å². The van der Waals surface area contributed by atoms with Crippen LogP contribution in [0.3, 0.4) is 0 Å². The van der Waals surface area contributed by atoms with E-state index < -0.39 is 10.2 Å². The summed E-state index contributed by atoms with van der Waals surface area (Å²) in [6.45, 7) is 5.88. The Morgan fingerprint density at radius 1 is 1.18 bits per heavy atom. The molecule has 0 bridgehead atoms. The lowest BCUT2D eigenvalue weighted by molar-refractivity contribution is -0.117. The van der Waals surface area contributed by atoms with Gasteiger partial charge < -0.3 is 5.32 Å². The number of hydrogen-bond acceptors (Lipinski definition) is 4. The van der Waals surface area contributed by atoms with Gasteiger partial charge in [0.05, 0.1) is 6.54 Å². The fraction of sp³-hybridized carbons (Fsp3) is 0.500. The average Bonchev–Trinajstić information content (AvgIpc) is 2.42. The van der Waals surface area contributed by atoms with Crippen molar-refractivity contribution < 1.29 is 13.2 Å². The molecule has 0 atom stereocenters. The highest BCUT2D eigenvalue weighted by Crippen LogP contribution is 2.14. The van der Waals surface area contributed by atoms with Crippen LogP contribution >= 0.6 is 0 Å². The van der Waals surface area contributed by atoms with Crippen molar-refractivity contribution in [1.82, 2.24) is 9.21 Å². The van der Waals surface area contributed by atoms with Gasteiger partial charge in [0.15, 0.2) is 0 Å². The predicted octanol–water partition coefficient (Wildman–Crippen LogP) is 0.0630. The molecule has 1 aromatic rings. The molecule has 1 saturated heterocycles. The molecular formula is C14H22N4O3S. The summed E-state index contributed by atoms with van der Waals surface area (Å²) >= 11 is 0. The molecule has 0 spiro atoms. The zero-order valence-corrected chi connectivity index (χ0v) is 13.7. The molecule has 0 saturated carbocycles. The summed E-state index contributed by atoms with van der Waals surface area (Å²) in [6.07, 6.45) is 0. The lowest BCUT2D eigenvalue weighted by atomic mass is 10.1. The van der Waals surface area contributed by atoms with Gasteiger partial charge in [0.25, 0.3) is 10.2 Å². The number of anilines is 1. The number of piperazine rings is 1. The van der Waals surface area contributed by atoms with Crippen LogP contribution in [0.2, 0.25) is 0 Å². The molecule has 3 N–H and O–H groups in total. The fourth-order valence-corrected chi connectivity index (χ4v) is 3.04. The minimum Gasteiger partial charge on any atom is -0.325 e. The van der Waals surface area contributed by atoms with Gasteiger partial charge >= 0.3 is 0 Å². The van der Waals surface area contributed by atoms with Crippen LogP contribution in [0.1, 0.15) is 11.1 Å². The minimum absolute atomic E-state index is 0.104. The van der Waals surface area contributed by atoms with Crippen LogP contribution < -0.4 is 10.5 Å². The maximum atomic E-state index is 12.0. The van der Waals surface area contributed by atoms with Crippen molar-refractivity contribution >= 4 is 21.8 Å². The summed E-state index contributed by atoms with van der Waals surface area (Å²) in [5.74, 6) is -0.104. The van der Waals surface area contributed by atoms with E-state index in [2.05, 4.69) is 5.32 Å². The number of carbonyl (C=O) groups is 1. The summed E-state index contributed by atoms with van der Waals surface area (Å²) in [4.78, 5) is 14.0. The van der Waals surface area contributed by atoms with E-state index in [1.165, 1.54) is 9.87 Å². The monoisotopic (exact) mass is 326 g/mol. The third kappa shape index (κ3) is 4.51. The summed E-state index contributed by atoms with van der Waals surface area (Å²) in [7, 11) is -3.63. The highest BCUT2D eigenvalue weighted by molar-refractivity contribution is 7.86. The molecule has 122 valence electrons. The van der Waals surface area contributed by atoms with E-state index in [1.54, 1.807) is 0 Å². The molecule has 0 aromatic heterocycles. The highest BCUT2D eigenvalue weighted by Gasteiger charge is 2.24. The molecule has 1 fully saturated rings. The van der Waals surface area contributed by atoms with Crippen LogP contribution in [-0.2, 0) is 15.0 Å². The number of benzene rings is 1. The van der Waals surface area contributed by atoms with Crippen LogP contribution in [0.25, 0.3) is 0 Å². The second-order valence-corrected chi connectivity index (χ2v) is 7.11. The number of nitrogens with zero attached hydrogens (tertiary/aromatic N) is 2. The van der Waals surface area contributed by atoms with E-state index in [9.17, 15) is 13.2 Å². The van der Waals surface area contributed by atoms with E-state index in [4.69, 9.17) is 5.14 Å². The van der Waals surface area contributed by atoms with Gasteiger partial charge in [-0.3, -0.25) is 9.69 Å². The predicted molar refractivity (Wildman–Crippen MR) is 85.7 cm³/mol. The van der Waals surface area contributed by atoms with Gasteiger partial charge in [-0.2, -0.15) is 12.7 Å². The Kier molecular flexibility index (Phi) is 5.17. The van der Waals surface area contributed by atoms with Crippen molar-refractivity contribution in [3.8, 4) is 0 Å². The van der Waals surface area contributed by atoms with Crippen LogP contribution in [0.4, 0.5) is 5.69 Å². The Hall–Kier alpha value is -1.48. The van der Waals surface area contributed by atoms with Crippen LogP contribution in [-0.4, -0.2) is 56.3 Å². The van der Waals surface area contributed by atoms with Crippen molar-refractivity contribution in [2.24, 2.45) is 5.14 Å². The van der Waals surface area contributed by atoms with Gasteiger partial charge in [-0.15, -0.1) is 0 Å². The van der Waals surface area contributed by atoms with Gasteiger partial charge in [0.1, 0.15) is 0 Å². The Labute approximate surface area is 131 Å². The zero-order valence-electron chi connectivity index (χ0n) is 12.9. The first kappa shape index (κ1) is 16.9. The first-order chi connectivity index (χ1) is 10.3. The Morgan fingerprint density at radius 2 is 1.82 bits per heavy atom. The molecular weight excluding hydrogens is 304 g/mol. The molecule has 1 heterocycles. The van der Waals surface area contributed by atoms with Crippen LogP contribution in [0, 0.1) is 13.8 Å². The summed E-state index contributed by atoms with van der Waals surface area (Å²) in [6, 6.07) is 5.78. The summed E-state index contributed by atoms with van der Waals surface area (Å²) in [5, 5.41) is 7.95. The molecule has 1 aliphatic rings. The van der Waals surface area contributed by atoms with E-state index in [1.807, 2.05) is 36.9 Å². The van der Waals surface area contributed by atoms with Gasteiger partial charge in [-0.1, -0.05) is 6.07 Å². The van der Waals surface area contributed by atoms with Crippen molar-refractivity contribution in [3.05, 3.63) is 29.3 Å². The smallest absolute Gasteiger partial charge is 0.276 e. The van der Waals surface area contributed by atoms with E-state index >= 15 is 0 Å². The zero-order chi connectivity index (χ0) is 16.3. The first-order valence-corrected chi connectivity index (χ1v) is 8.63. The van der Waals surface area contributed by atoms with Gasteiger partial charge in [-0.05, 0) is 37.1 Å². The molecule has 0 radical (unpaired) electrons. The maximum Gasteiger partial charge on any atom is 0.276 e. The molecule has 22 heavy (non-hydrogen) atoms. The lowest BCUT2D eigenvalue weighted by Crippen LogP contribution is -2.52. The lowest BCUT2D eigenvalue weighted by Gasteiger charge is -2.32. The van der Waals surface area contributed by atoms with E-state index in [-0.39, 0.29) is 12.5 Å². The SMILES string of the molecule is Cc1ccc(NC(=O)CN2CCN(S(N)(=O)=O)CC2)cc1C. The molecule has 1 aliphatic heterocycles. The molecule has 0 unspecified atom stereocenters. The average molecular weight is 326 g/mol. The van der Waals surface area contributed by atoms with E-state index in [0.29, 0.717) is 26.2 Å². The summed E-state index contributed by atoms with van der Waals surface area (Å²) < 4.78 is 23.7. The number of carbonyl (C=O) groups excluding carboxylic acids is 1. The fourth-order valence-electron chi connectivity index (χ4n) is 2.36. The molecule has 2 rings (SSSR count). The largest absolute Gasteiger partial charge is 0.325 e. The topological polar surface area (TPSA) is 95.7 Å². The Bertz CT molecular complexity index is 652. The van der Waals surface area contributed by atoms with E-state index in [0.717, 1.165) is 11.3 Å². The maximum absolute atomic E-state index is 12.0. The van der Waals surface area contributed by atoms with Gasteiger partial charge in [0.2, 0.25) is 5.91 Å². The number of rotatable bonds is 4. The third-order valence-corrected chi connectivity index (χ3v) is 4.93. The third-order valence-electron chi connectivity index (χ3n) is 3.85. The quantitative estimate of drug-likeness (QED) is 0.818. The number of aryl methyl sites for hydroxylation is 2. The molecule has 0 aliphatic carbocycles. The van der Waals surface area contributed by atoms with Crippen LogP contribution in [0.5, 0.6) is 0 Å². The first-order valence-electron chi connectivity index (χ1n) is 7.13. The Balaban J connectivity index is 1.84. The van der Waals surface area contributed by atoms with Gasteiger partial charge in [-0.25, -0.2) is 5.14 Å². The highest BCUT2D eigenvalue weighted by atomic mass is 32.2. The van der Waals surface area contributed by atoms with Crippen molar-refractivity contribution in [3.63, 3.8) is 0 Å².